The lowest BCUT2D eigenvalue weighted by molar-refractivity contribution is 0.305. The Morgan fingerprint density at radius 3 is 2.50 bits per heavy atom. The molecule has 0 atom stereocenters. The van der Waals surface area contributed by atoms with Crippen LogP contribution in [0.4, 0.5) is 10.1 Å². The molecule has 0 radical (unpaired) electrons. The molecule has 20 heavy (non-hydrogen) atoms. The normalized spacial score (nSPS) is 10.3. The van der Waals surface area contributed by atoms with Crippen LogP contribution < -0.4 is 15.2 Å². The van der Waals surface area contributed by atoms with Gasteiger partial charge >= 0.3 is 0 Å². The van der Waals surface area contributed by atoms with E-state index in [4.69, 9.17) is 15.2 Å². The largest absolute Gasteiger partial charge is 0.497 e. The molecule has 0 spiro atoms. The maximum absolute atomic E-state index is 13.6. The summed E-state index contributed by atoms with van der Waals surface area (Å²) >= 11 is 0. The van der Waals surface area contributed by atoms with Crippen molar-refractivity contribution in [2.75, 3.05) is 19.5 Å². The van der Waals surface area contributed by atoms with Gasteiger partial charge in [0.15, 0.2) is 11.6 Å². The highest BCUT2D eigenvalue weighted by atomic mass is 19.1. The molecule has 106 valence electrons. The van der Waals surface area contributed by atoms with Gasteiger partial charge in [0.2, 0.25) is 0 Å². The van der Waals surface area contributed by atoms with E-state index >= 15 is 0 Å². The molecule has 0 amide bonds. The van der Waals surface area contributed by atoms with E-state index in [1.54, 1.807) is 13.2 Å². The monoisotopic (exact) mass is 275 g/mol. The molecular formula is C16H18FNO2. The third-order valence-corrected chi connectivity index (χ3v) is 3.13. The molecule has 0 aliphatic carbocycles. The summed E-state index contributed by atoms with van der Waals surface area (Å²) in [5.41, 5.74) is 7.98. The fourth-order valence-corrected chi connectivity index (χ4v) is 1.85. The average Bonchev–Trinajstić information content (AvgIpc) is 2.45. The molecule has 0 aliphatic rings. The number of aryl methyl sites for hydroxylation is 1. The van der Waals surface area contributed by atoms with Crippen LogP contribution >= 0.6 is 0 Å². The molecule has 0 unspecified atom stereocenters. The van der Waals surface area contributed by atoms with Crippen LogP contribution in [0.3, 0.4) is 0 Å². The highest BCUT2D eigenvalue weighted by Gasteiger charge is 2.06. The highest BCUT2D eigenvalue weighted by molar-refractivity contribution is 5.50. The lowest BCUT2D eigenvalue weighted by Crippen LogP contribution is -2.04. The Kier molecular flexibility index (Phi) is 4.45. The van der Waals surface area contributed by atoms with E-state index in [-0.39, 0.29) is 5.75 Å². The van der Waals surface area contributed by atoms with Crippen LogP contribution in [0.25, 0.3) is 0 Å². The van der Waals surface area contributed by atoms with Crippen LogP contribution in [0.5, 0.6) is 11.5 Å². The van der Waals surface area contributed by atoms with Crippen LogP contribution in [0.1, 0.15) is 11.1 Å². The smallest absolute Gasteiger partial charge is 0.167 e. The van der Waals surface area contributed by atoms with Crippen LogP contribution in [-0.2, 0) is 6.42 Å². The quantitative estimate of drug-likeness (QED) is 0.851. The number of methoxy groups -OCH3 is 1. The standard InChI is InChI=1S/C16H18FNO2/c1-11-9-16(14(17)10-15(11)18)20-8-7-12-3-5-13(19-2)6-4-12/h3-6,9-10H,7-8,18H2,1-2H3. The Hall–Kier alpha value is -2.23. The molecule has 4 heteroatoms. The van der Waals surface area contributed by atoms with Crippen molar-refractivity contribution in [3.05, 3.63) is 53.3 Å². The van der Waals surface area contributed by atoms with Gasteiger partial charge < -0.3 is 15.2 Å². The minimum atomic E-state index is -0.428. The Morgan fingerprint density at radius 2 is 1.85 bits per heavy atom. The zero-order valence-corrected chi connectivity index (χ0v) is 11.7. The van der Waals surface area contributed by atoms with Gasteiger partial charge in [0.1, 0.15) is 5.75 Å². The first-order valence-electron chi connectivity index (χ1n) is 6.41. The van der Waals surface area contributed by atoms with Crippen molar-refractivity contribution >= 4 is 5.69 Å². The number of hydrogen-bond donors (Lipinski definition) is 1. The van der Waals surface area contributed by atoms with E-state index in [1.807, 2.05) is 31.2 Å². The van der Waals surface area contributed by atoms with Gasteiger partial charge in [-0.25, -0.2) is 4.39 Å². The second-order valence-corrected chi connectivity index (χ2v) is 4.59. The Morgan fingerprint density at radius 1 is 1.15 bits per heavy atom. The SMILES string of the molecule is COc1ccc(CCOc2cc(C)c(N)cc2F)cc1. The number of ether oxygens (including phenoxy) is 2. The van der Waals surface area contributed by atoms with Crippen molar-refractivity contribution in [2.45, 2.75) is 13.3 Å². The Labute approximate surface area is 118 Å². The molecule has 2 N–H and O–H groups in total. The van der Waals surface area contributed by atoms with Gasteiger partial charge in [-0.1, -0.05) is 12.1 Å². The van der Waals surface area contributed by atoms with Crippen LogP contribution in [0.15, 0.2) is 36.4 Å². The number of benzene rings is 2. The molecule has 0 fully saturated rings. The van der Waals surface area contributed by atoms with E-state index in [2.05, 4.69) is 0 Å². The molecule has 0 aromatic heterocycles. The summed E-state index contributed by atoms with van der Waals surface area (Å²) in [6.07, 6.45) is 0.701. The molecular weight excluding hydrogens is 257 g/mol. The molecule has 2 rings (SSSR count). The van der Waals surface area contributed by atoms with E-state index in [9.17, 15) is 4.39 Å². The highest BCUT2D eigenvalue weighted by Crippen LogP contribution is 2.23. The van der Waals surface area contributed by atoms with E-state index in [0.717, 1.165) is 16.9 Å². The van der Waals surface area contributed by atoms with Crippen molar-refractivity contribution in [1.82, 2.24) is 0 Å². The summed E-state index contributed by atoms with van der Waals surface area (Å²) in [4.78, 5) is 0. The summed E-state index contributed by atoms with van der Waals surface area (Å²) in [6.45, 7) is 2.23. The van der Waals surface area contributed by atoms with E-state index < -0.39 is 5.82 Å². The van der Waals surface area contributed by atoms with Gasteiger partial charge in [0.05, 0.1) is 13.7 Å². The Bertz CT molecular complexity index is 582. The summed E-state index contributed by atoms with van der Waals surface area (Å²) in [5, 5.41) is 0. The molecule has 0 saturated carbocycles. The molecule has 3 nitrogen and oxygen atoms in total. The number of rotatable bonds is 5. The first-order valence-corrected chi connectivity index (χ1v) is 6.41. The van der Waals surface area contributed by atoms with E-state index in [0.29, 0.717) is 18.7 Å². The Balaban J connectivity index is 1.94. The lowest BCUT2D eigenvalue weighted by atomic mass is 10.1. The van der Waals surface area contributed by atoms with Gasteiger partial charge in [0.25, 0.3) is 0 Å². The first kappa shape index (κ1) is 14.2. The van der Waals surface area contributed by atoms with Gasteiger partial charge in [0, 0.05) is 18.2 Å². The van der Waals surface area contributed by atoms with Crippen LogP contribution in [0.2, 0.25) is 0 Å². The van der Waals surface area contributed by atoms with Crippen LogP contribution in [-0.4, -0.2) is 13.7 Å². The molecule has 2 aromatic carbocycles. The molecule has 2 aromatic rings. The van der Waals surface area contributed by atoms with Crippen molar-refractivity contribution in [2.24, 2.45) is 0 Å². The van der Waals surface area contributed by atoms with Gasteiger partial charge in [-0.2, -0.15) is 0 Å². The number of nitrogen functional groups attached to an aromatic ring is 1. The topological polar surface area (TPSA) is 44.5 Å². The number of hydrogen-bond acceptors (Lipinski definition) is 3. The van der Waals surface area contributed by atoms with Crippen molar-refractivity contribution < 1.29 is 13.9 Å². The summed E-state index contributed by atoms with van der Waals surface area (Å²) in [7, 11) is 1.63. The van der Waals surface area contributed by atoms with Gasteiger partial charge in [-0.05, 0) is 36.2 Å². The summed E-state index contributed by atoms with van der Waals surface area (Å²) in [6, 6.07) is 10.6. The maximum atomic E-state index is 13.6. The minimum Gasteiger partial charge on any atom is -0.497 e. The third kappa shape index (κ3) is 3.41. The first-order chi connectivity index (χ1) is 9.60. The molecule has 0 heterocycles. The fraction of sp³-hybridized carbons (Fsp3) is 0.250. The number of nitrogens with two attached hydrogens (primary N) is 1. The summed E-state index contributed by atoms with van der Waals surface area (Å²) < 4.78 is 24.2. The van der Waals surface area contributed by atoms with Gasteiger partial charge in [-0.15, -0.1) is 0 Å². The number of anilines is 1. The summed E-state index contributed by atoms with van der Waals surface area (Å²) in [5.74, 6) is 0.628. The third-order valence-electron chi connectivity index (χ3n) is 3.13. The van der Waals surface area contributed by atoms with Gasteiger partial charge in [-0.3, -0.25) is 0 Å². The zero-order valence-electron chi connectivity index (χ0n) is 11.7. The number of halogens is 1. The predicted octanol–water partition coefficient (Wildman–Crippen LogP) is 3.35. The maximum Gasteiger partial charge on any atom is 0.167 e. The van der Waals surface area contributed by atoms with Crippen molar-refractivity contribution in [3.8, 4) is 11.5 Å². The lowest BCUT2D eigenvalue weighted by Gasteiger charge is -2.10. The average molecular weight is 275 g/mol. The second kappa shape index (κ2) is 6.28. The fourth-order valence-electron chi connectivity index (χ4n) is 1.85. The predicted molar refractivity (Wildman–Crippen MR) is 77.7 cm³/mol. The van der Waals surface area contributed by atoms with Crippen molar-refractivity contribution in [3.63, 3.8) is 0 Å². The van der Waals surface area contributed by atoms with Crippen molar-refractivity contribution in [1.29, 1.82) is 0 Å². The zero-order chi connectivity index (χ0) is 14.5. The minimum absolute atomic E-state index is 0.241. The van der Waals surface area contributed by atoms with E-state index in [1.165, 1.54) is 6.07 Å². The molecule has 0 saturated heterocycles. The van der Waals surface area contributed by atoms with Crippen LogP contribution in [0, 0.1) is 12.7 Å². The molecule has 0 aliphatic heterocycles. The second-order valence-electron chi connectivity index (χ2n) is 4.59. The molecule has 0 bridgehead atoms.